The number of hydrogen-bond acceptors (Lipinski definition) is 7. The summed E-state index contributed by atoms with van der Waals surface area (Å²) in [5, 5.41) is 28.9. The maximum absolute atomic E-state index is 12.2. The van der Waals surface area contributed by atoms with E-state index >= 15 is 0 Å². The van der Waals surface area contributed by atoms with Crippen LogP contribution in [0.1, 0.15) is 36.8 Å². The van der Waals surface area contributed by atoms with E-state index in [0.717, 1.165) is 19.3 Å². The molecule has 1 atom stereocenters. The van der Waals surface area contributed by atoms with Gasteiger partial charge >= 0.3 is 0 Å². The fourth-order valence-electron chi connectivity index (χ4n) is 3.01. The first-order valence-electron chi connectivity index (χ1n) is 8.17. The van der Waals surface area contributed by atoms with E-state index in [1.807, 2.05) is 6.07 Å². The molecule has 1 aromatic carbocycles. The van der Waals surface area contributed by atoms with Gasteiger partial charge in [-0.3, -0.25) is 4.79 Å². The number of anilines is 1. The standard InChI is InChI=1S/C19H16N4O2S/c20-9-13-17(11-5-7-12(24)8-6-11)14(10-21)19(23-18(13)22)26-16-4-2-1-3-15(16)25/h5-8,16,24H,1-4H2,(H2,22,23)/t16-/m0/s1. The van der Waals surface area contributed by atoms with Crippen molar-refractivity contribution in [2.45, 2.75) is 36.0 Å². The highest BCUT2D eigenvalue weighted by Crippen LogP contribution is 2.39. The van der Waals surface area contributed by atoms with Crippen LogP contribution in [0.5, 0.6) is 5.75 Å². The number of hydrogen-bond donors (Lipinski definition) is 2. The molecular formula is C19H16N4O2S. The summed E-state index contributed by atoms with van der Waals surface area (Å²) in [4.78, 5) is 16.4. The summed E-state index contributed by atoms with van der Waals surface area (Å²) in [5.74, 6) is 0.261. The molecule has 1 heterocycles. The number of phenolic OH excluding ortho intramolecular Hbond substituents is 1. The van der Waals surface area contributed by atoms with Gasteiger partial charge in [-0.1, -0.05) is 30.3 Å². The molecule has 1 aliphatic carbocycles. The summed E-state index contributed by atoms with van der Waals surface area (Å²) in [6.45, 7) is 0. The number of carbonyl (C=O) groups excluding carboxylic acids is 1. The smallest absolute Gasteiger partial charge is 0.146 e. The minimum atomic E-state index is -0.247. The predicted octanol–water partition coefficient (Wildman–Crippen LogP) is 3.38. The second kappa shape index (κ2) is 7.47. The summed E-state index contributed by atoms with van der Waals surface area (Å²) >= 11 is 1.25. The Labute approximate surface area is 155 Å². The topological polar surface area (TPSA) is 124 Å². The molecule has 0 bridgehead atoms. The number of phenols is 1. The van der Waals surface area contributed by atoms with Gasteiger partial charge in [0.1, 0.15) is 40.1 Å². The molecular weight excluding hydrogens is 348 g/mol. The van der Waals surface area contributed by atoms with Crippen LogP contribution in [-0.2, 0) is 4.79 Å². The Morgan fingerprint density at radius 3 is 2.46 bits per heavy atom. The summed E-state index contributed by atoms with van der Waals surface area (Å²) in [5.41, 5.74) is 7.28. The van der Waals surface area contributed by atoms with Gasteiger partial charge in [-0.15, -0.1) is 0 Å². The molecule has 0 radical (unpaired) electrons. The van der Waals surface area contributed by atoms with Crippen LogP contribution in [0, 0.1) is 22.7 Å². The quantitative estimate of drug-likeness (QED) is 0.855. The summed E-state index contributed by atoms with van der Waals surface area (Å²) in [7, 11) is 0. The van der Waals surface area contributed by atoms with E-state index in [4.69, 9.17) is 5.73 Å². The molecule has 1 fully saturated rings. The first-order valence-corrected chi connectivity index (χ1v) is 9.05. The normalized spacial score (nSPS) is 16.7. The van der Waals surface area contributed by atoms with Crippen molar-refractivity contribution in [2.24, 2.45) is 0 Å². The van der Waals surface area contributed by atoms with E-state index in [-0.39, 0.29) is 33.7 Å². The molecule has 26 heavy (non-hydrogen) atoms. The molecule has 1 aromatic heterocycles. The van der Waals surface area contributed by atoms with Gasteiger partial charge in [-0.05, 0) is 30.5 Å². The fraction of sp³-hybridized carbons (Fsp3) is 0.263. The van der Waals surface area contributed by atoms with Gasteiger partial charge < -0.3 is 10.8 Å². The first kappa shape index (κ1) is 17.8. The van der Waals surface area contributed by atoms with Crippen LogP contribution in [0.3, 0.4) is 0 Å². The summed E-state index contributed by atoms with van der Waals surface area (Å²) < 4.78 is 0. The van der Waals surface area contributed by atoms with Gasteiger partial charge in [0.2, 0.25) is 0 Å². The number of nitrogen functional groups attached to an aromatic ring is 1. The molecule has 130 valence electrons. The van der Waals surface area contributed by atoms with E-state index in [1.165, 1.54) is 23.9 Å². The second-order valence-electron chi connectivity index (χ2n) is 6.02. The Morgan fingerprint density at radius 1 is 1.15 bits per heavy atom. The lowest BCUT2D eigenvalue weighted by Crippen LogP contribution is -2.21. The Bertz CT molecular complexity index is 942. The number of aromatic nitrogens is 1. The van der Waals surface area contributed by atoms with E-state index in [2.05, 4.69) is 11.1 Å². The number of ketones is 1. The van der Waals surface area contributed by atoms with Crippen molar-refractivity contribution in [2.75, 3.05) is 5.73 Å². The van der Waals surface area contributed by atoms with E-state index in [1.54, 1.807) is 12.1 Å². The molecule has 0 amide bonds. The SMILES string of the molecule is N#Cc1c(N)nc(S[C@H]2CCCCC2=O)c(C#N)c1-c1ccc(O)cc1. The lowest BCUT2D eigenvalue weighted by atomic mass is 9.97. The highest BCUT2D eigenvalue weighted by molar-refractivity contribution is 8.00. The molecule has 0 unspecified atom stereocenters. The maximum atomic E-state index is 12.2. The average Bonchev–Trinajstić information content (AvgIpc) is 2.64. The van der Waals surface area contributed by atoms with Gasteiger partial charge in [-0.25, -0.2) is 4.98 Å². The largest absolute Gasteiger partial charge is 0.508 e. The molecule has 2 aromatic rings. The lowest BCUT2D eigenvalue weighted by molar-refractivity contribution is -0.119. The van der Waals surface area contributed by atoms with Crippen molar-refractivity contribution >= 4 is 23.4 Å². The van der Waals surface area contributed by atoms with Crippen molar-refractivity contribution in [3.05, 3.63) is 35.4 Å². The van der Waals surface area contributed by atoms with Crippen LogP contribution in [0.4, 0.5) is 5.82 Å². The van der Waals surface area contributed by atoms with Crippen LogP contribution < -0.4 is 5.73 Å². The number of aromatic hydroxyl groups is 1. The molecule has 7 heteroatoms. The molecule has 6 nitrogen and oxygen atoms in total. The van der Waals surface area contributed by atoms with Crippen molar-refractivity contribution < 1.29 is 9.90 Å². The van der Waals surface area contributed by atoms with E-state index < -0.39 is 0 Å². The predicted molar refractivity (Wildman–Crippen MR) is 98.3 cm³/mol. The third-order valence-corrected chi connectivity index (χ3v) is 5.63. The van der Waals surface area contributed by atoms with E-state index in [0.29, 0.717) is 22.6 Å². The molecule has 3 N–H and O–H groups in total. The fourth-order valence-corrected chi connectivity index (χ4v) is 4.23. The molecule has 0 aliphatic heterocycles. The zero-order valence-corrected chi connectivity index (χ0v) is 14.7. The lowest BCUT2D eigenvalue weighted by Gasteiger charge is -2.21. The zero-order valence-electron chi connectivity index (χ0n) is 13.9. The number of carbonyl (C=O) groups is 1. The van der Waals surface area contributed by atoms with Gasteiger partial charge in [0.05, 0.1) is 10.8 Å². The average molecular weight is 364 g/mol. The van der Waals surface area contributed by atoms with Crippen molar-refractivity contribution in [3.8, 4) is 29.0 Å². The Kier molecular flexibility index (Phi) is 5.11. The number of benzene rings is 1. The number of nitrogens with two attached hydrogens (primary N) is 1. The summed E-state index contributed by atoms with van der Waals surface area (Å²) in [6, 6.07) is 10.3. The van der Waals surface area contributed by atoms with Crippen molar-refractivity contribution in [1.82, 2.24) is 4.98 Å². The molecule has 0 saturated heterocycles. The van der Waals surface area contributed by atoms with Crippen LogP contribution in [0.2, 0.25) is 0 Å². The Hall–Kier alpha value is -3.03. The van der Waals surface area contributed by atoms with Crippen LogP contribution in [-0.4, -0.2) is 21.1 Å². The minimum absolute atomic E-state index is 0.0281. The maximum Gasteiger partial charge on any atom is 0.146 e. The van der Waals surface area contributed by atoms with Gasteiger partial charge in [-0.2, -0.15) is 10.5 Å². The second-order valence-corrected chi connectivity index (χ2v) is 7.21. The molecule has 1 saturated carbocycles. The number of nitrogens with zero attached hydrogens (tertiary/aromatic N) is 3. The zero-order chi connectivity index (χ0) is 18.7. The monoisotopic (exact) mass is 364 g/mol. The van der Waals surface area contributed by atoms with Crippen LogP contribution >= 0.6 is 11.8 Å². The Morgan fingerprint density at radius 2 is 1.85 bits per heavy atom. The highest BCUT2D eigenvalue weighted by Gasteiger charge is 2.27. The van der Waals surface area contributed by atoms with Gasteiger partial charge in [0.25, 0.3) is 0 Å². The third kappa shape index (κ3) is 3.35. The Balaban J connectivity index is 2.15. The van der Waals surface area contributed by atoms with Gasteiger partial charge in [0, 0.05) is 12.0 Å². The first-order chi connectivity index (χ1) is 12.5. The molecule has 3 rings (SSSR count). The van der Waals surface area contributed by atoms with E-state index in [9.17, 15) is 20.4 Å². The number of pyridine rings is 1. The highest BCUT2D eigenvalue weighted by atomic mass is 32.2. The number of Topliss-reactive ketones (excluding diaryl/α,β-unsaturated/α-hetero) is 1. The minimum Gasteiger partial charge on any atom is -0.508 e. The van der Waals surface area contributed by atoms with Crippen molar-refractivity contribution in [3.63, 3.8) is 0 Å². The molecule has 0 spiro atoms. The number of thioether (sulfide) groups is 1. The number of rotatable bonds is 3. The molecule has 1 aliphatic rings. The van der Waals surface area contributed by atoms with Crippen LogP contribution in [0.25, 0.3) is 11.1 Å². The van der Waals surface area contributed by atoms with Crippen LogP contribution in [0.15, 0.2) is 29.3 Å². The van der Waals surface area contributed by atoms with Gasteiger partial charge in [0.15, 0.2) is 0 Å². The summed E-state index contributed by atoms with van der Waals surface area (Å²) in [6.07, 6.45) is 3.13. The van der Waals surface area contributed by atoms with Crippen molar-refractivity contribution in [1.29, 1.82) is 10.5 Å². The number of nitriles is 2. The third-order valence-electron chi connectivity index (χ3n) is 4.32.